The Balaban J connectivity index is 2.25. The van der Waals surface area contributed by atoms with Crippen LogP contribution in [-0.2, 0) is 10.8 Å². The summed E-state index contributed by atoms with van der Waals surface area (Å²) in [5, 5.41) is 4.30. The number of nitrogens with one attached hydrogen (secondary N) is 1. The first-order valence-electron chi connectivity index (χ1n) is 5.35. The lowest BCUT2D eigenvalue weighted by Gasteiger charge is -2.08. The van der Waals surface area contributed by atoms with Crippen LogP contribution in [0.4, 0.5) is 11.4 Å². The molecule has 1 atom stereocenters. The summed E-state index contributed by atoms with van der Waals surface area (Å²) < 4.78 is 11.0. The molecule has 4 nitrogen and oxygen atoms in total. The van der Waals surface area contributed by atoms with Crippen molar-refractivity contribution >= 4 is 33.1 Å². The number of nitrogen functional groups attached to an aromatic ring is 1. The van der Waals surface area contributed by atoms with Crippen molar-refractivity contribution in [3.63, 3.8) is 0 Å². The maximum absolute atomic E-state index is 11.0. The van der Waals surface area contributed by atoms with E-state index in [0.29, 0.717) is 18.0 Å². The van der Waals surface area contributed by atoms with Gasteiger partial charge in [0.1, 0.15) is 0 Å². The number of hydrogen-bond acceptors (Lipinski definition) is 4. The van der Waals surface area contributed by atoms with Gasteiger partial charge in [0.2, 0.25) is 0 Å². The van der Waals surface area contributed by atoms with E-state index in [1.807, 2.05) is 24.3 Å². The van der Waals surface area contributed by atoms with Gasteiger partial charge in [-0.15, -0.1) is 0 Å². The van der Waals surface area contributed by atoms with Gasteiger partial charge >= 0.3 is 0 Å². The van der Waals surface area contributed by atoms with Gasteiger partial charge in [0.15, 0.2) is 0 Å². The van der Waals surface area contributed by atoms with Crippen molar-refractivity contribution in [1.82, 2.24) is 4.98 Å². The molecule has 1 aromatic heterocycles. The zero-order valence-corrected chi connectivity index (χ0v) is 10.5. The summed E-state index contributed by atoms with van der Waals surface area (Å²) in [5.41, 5.74) is 8.29. The van der Waals surface area contributed by atoms with Crippen LogP contribution >= 0.6 is 0 Å². The third-order valence-electron chi connectivity index (χ3n) is 2.47. The Kier molecular flexibility index (Phi) is 3.58. The number of pyridine rings is 1. The quantitative estimate of drug-likeness (QED) is 0.808. The van der Waals surface area contributed by atoms with Gasteiger partial charge in [0.05, 0.1) is 5.52 Å². The van der Waals surface area contributed by atoms with Crippen molar-refractivity contribution in [1.29, 1.82) is 0 Å². The van der Waals surface area contributed by atoms with Crippen LogP contribution < -0.4 is 11.1 Å². The molecule has 5 heteroatoms. The highest BCUT2D eigenvalue weighted by molar-refractivity contribution is 7.84. The van der Waals surface area contributed by atoms with E-state index >= 15 is 0 Å². The van der Waals surface area contributed by atoms with Gasteiger partial charge in [-0.05, 0) is 24.3 Å². The van der Waals surface area contributed by atoms with Crippen LogP contribution in [0.3, 0.4) is 0 Å². The predicted molar refractivity (Wildman–Crippen MR) is 73.6 cm³/mol. The molecule has 17 heavy (non-hydrogen) atoms. The predicted octanol–water partition coefficient (Wildman–Crippen LogP) is 1.61. The molecule has 0 aliphatic rings. The van der Waals surface area contributed by atoms with Gasteiger partial charge < -0.3 is 11.1 Å². The van der Waals surface area contributed by atoms with E-state index in [0.717, 1.165) is 16.6 Å². The smallest absolute Gasteiger partial charge is 0.0743 e. The molecule has 3 N–H and O–H groups in total. The Hall–Kier alpha value is -1.62. The number of aromatic nitrogens is 1. The van der Waals surface area contributed by atoms with Gasteiger partial charge in [0.25, 0.3) is 0 Å². The summed E-state index contributed by atoms with van der Waals surface area (Å²) in [7, 11) is -0.775. The molecule has 0 amide bonds. The van der Waals surface area contributed by atoms with E-state index in [1.165, 1.54) is 0 Å². The molecular weight excluding hydrogens is 234 g/mol. The molecule has 1 unspecified atom stereocenters. The first kappa shape index (κ1) is 11.9. The second-order valence-corrected chi connectivity index (χ2v) is 5.39. The molecule has 0 aliphatic heterocycles. The highest BCUT2D eigenvalue weighted by Crippen LogP contribution is 2.22. The molecule has 2 aromatic rings. The van der Waals surface area contributed by atoms with Crippen LogP contribution in [0.15, 0.2) is 30.5 Å². The fourth-order valence-corrected chi connectivity index (χ4v) is 2.04. The molecule has 0 spiro atoms. The maximum atomic E-state index is 11.0. The number of nitrogens with two attached hydrogens (primary N) is 1. The van der Waals surface area contributed by atoms with E-state index in [9.17, 15) is 4.21 Å². The molecule has 90 valence electrons. The normalized spacial score (nSPS) is 12.5. The summed E-state index contributed by atoms with van der Waals surface area (Å²) in [6, 6.07) is 7.56. The van der Waals surface area contributed by atoms with Crippen LogP contribution in [0.2, 0.25) is 0 Å². The van der Waals surface area contributed by atoms with Crippen LogP contribution in [0.5, 0.6) is 0 Å². The Bertz CT molecular complexity index is 556. The molecule has 1 aromatic carbocycles. The number of nitrogens with zero attached hydrogens (tertiary/aromatic N) is 1. The fourth-order valence-electron chi connectivity index (χ4n) is 1.65. The number of benzene rings is 1. The van der Waals surface area contributed by atoms with Crippen molar-refractivity contribution < 1.29 is 4.21 Å². The second kappa shape index (κ2) is 5.14. The van der Waals surface area contributed by atoms with E-state index in [-0.39, 0.29) is 0 Å². The molecule has 0 bridgehead atoms. The lowest BCUT2D eigenvalue weighted by atomic mass is 10.1. The molecule has 0 radical (unpaired) electrons. The van der Waals surface area contributed by atoms with Gasteiger partial charge in [-0.25, -0.2) is 0 Å². The van der Waals surface area contributed by atoms with Crippen molar-refractivity contribution in [2.75, 3.05) is 29.6 Å². The van der Waals surface area contributed by atoms with Gasteiger partial charge in [-0.2, -0.15) is 0 Å². The first-order valence-corrected chi connectivity index (χ1v) is 7.07. The third-order valence-corrected chi connectivity index (χ3v) is 3.25. The van der Waals surface area contributed by atoms with Gasteiger partial charge in [-0.3, -0.25) is 9.19 Å². The molecule has 2 rings (SSSR count). The zero-order chi connectivity index (χ0) is 12.3. The lowest BCUT2D eigenvalue weighted by molar-refractivity contribution is 0.687. The van der Waals surface area contributed by atoms with Crippen LogP contribution in [0, 0.1) is 0 Å². The summed E-state index contributed by atoms with van der Waals surface area (Å²) >= 11 is 0. The van der Waals surface area contributed by atoms with Gasteiger partial charge in [0, 0.05) is 52.3 Å². The SMILES string of the molecule is CS(=O)CCNc1ccnc2cc(N)ccc12. The highest BCUT2D eigenvalue weighted by Gasteiger charge is 2.01. The van der Waals surface area contributed by atoms with Crippen LogP contribution in [0.25, 0.3) is 10.9 Å². The standard InChI is InChI=1S/C12H15N3OS/c1-17(16)7-6-15-11-4-5-14-12-8-9(13)2-3-10(11)12/h2-5,8H,6-7,13H2,1H3,(H,14,15). The minimum atomic E-state index is -0.775. The number of anilines is 2. The minimum absolute atomic E-state index is 0.638. The van der Waals surface area contributed by atoms with Crippen molar-refractivity contribution in [2.24, 2.45) is 0 Å². The lowest BCUT2D eigenvalue weighted by Crippen LogP contribution is -2.10. The summed E-state index contributed by atoms with van der Waals surface area (Å²) in [5.74, 6) is 0.638. The molecular formula is C12H15N3OS. The molecule has 0 saturated carbocycles. The Labute approximate surface area is 103 Å². The zero-order valence-electron chi connectivity index (χ0n) is 9.64. The summed E-state index contributed by atoms with van der Waals surface area (Å²) in [4.78, 5) is 4.27. The molecule has 0 saturated heterocycles. The van der Waals surface area contributed by atoms with E-state index in [1.54, 1.807) is 12.5 Å². The van der Waals surface area contributed by atoms with E-state index in [4.69, 9.17) is 5.73 Å². The monoisotopic (exact) mass is 249 g/mol. The molecule has 0 fully saturated rings. The average Bonchev–Trinajstić information content (AvgIpc) is 2.28. The number of rotatable bonds is 4. The maximum Gasteiger partial charge on any atom is 0.0743 e. The number of fused-ring (bicyclic) bond motifs is 1. The van der Waals surface area contributed by atoms with Gasteiger partial charge in [-0.1, -0.05) is 0 Å². The van der Waals surface area contributed by atoms with E-state index in [2.05, 4.69) is 10.3 Å². The van der Waals surface area contributed by atoms with Crippen molar-refractivity contribution in [3.05, 3.63) is 30.5 Å². The number of hydrogen-bond donors (Lipinski definition) is 2. The largest absolute Gasteiger partial charge is 0.399 e. The highest BCUT2D eigenvalue weighted by atomic mass is 32.2. The Morgan fingerprint density at radius 3 is 3.00 bits per heavy atom. The molecule has 0 aliphatic carbocycles. The Morgan fingerprint density at radius 2 is 2.24 bits per heavy atom. The fraction of sp³-hybridized carbons (Fsp3) is 0.250. The summed E-state index contributed by atoms with van der Waals surface area (Å²) in [6.45, 7) is 0.687. The minimum Gasteiger partial charge on any atom is -0.399 e. The Morgan fingerprint density at radius 1 is 1.41 bits per heavy atom. The van der Waals surface area contributed by atoms with Crippen LogP contribution in [-0.4, -0.2) is 27.7 Å². The average molecular weight is 249 g/mol. The van der Waals surface area contributed by atoms with Crippen molar-refractivity contribution in [2.45, 2.75) is 0 Å². The molecule has 1 heterocycles. The van der Waals surface area contributed by atoms with Crippen LogP contribution in [0.1, 0.15) is 0 Å². The second-order valence-electron chi connectivity index (χ2n) is 3.84. The van der Waals surface area contributed by atoms with E-state index < -0.39 is 10.8 Å². The first-order chi connectivity index (χ1) is 8.16. The topological polar surface area (TPSA) is 68.0 Å². The van der Waals surface area contributed by atoms with Crippen molar-refractivity contribution in [3.8, 4) is 0 Å². The third kappa shape index (κ3) is 2.94. The summed E-state index contributed by atoms with van der Waals surface area (Å²) in [6.07, 6.45) is 3.44.